The van der Waals surface area contributed by atoms with Crippen molar-refractivity contribution in [3.05, 3.63) is 34.9 Å². The van der Waals surface area contributed by atoms with E-state index < -0.39 is 24.0 Å². The monoisotopic (exact) mass is 398 g/mol. The van der Waals surface area contributed by atoms with E-state index in [-0.39, 0.29) is 19.5 Å². The maximum absolute atomic E-state index is 12.6. The number of halogens is 3. The summed E-state index contributed by atoms with van der Waals surface area (Å²) in [6.45, 7) is 0.185. The summed E-state index contributed by atoms with van der Waals surface area (Å²) in [5.74, 6) is -2.52. The van der Waals surface area contributed by atoms with Crippen molar-refractivity contribution < 1.29 is 22.8 Å². The third-order valence-corrected chi connectivity index (χ3v) is 5.13. The second kappa shape index (κ2) is 8.03. The van der Waals surface area contributed by atoms with Crippen LogP contribution < -0.4 is 5.32 Å². The molecule has 1 fully saturated rings. The molecule has 0 saturated carbocycles. The molecule has 3 rings (SSSR count). The Labute approximate surface area is 157 Å². The van der Waals surface area contributed by atoms with E-state index in [1.807, 2.05) is 17.5 Å². The number of rotatable bonds is 5. The van der Waals surface area contributed by atoms with Crippen LogP contribution >= 0.6 is 11.3 Å². The molecule has 2 aromatic heterocycles. The molecular weight excluding hydrogens is 381 g/mol. The number of aromatic nitrogens is 2. The summed E-state index contributed by atoms with van der Waals surface area (Å²) in [5, 5.41) is 5.31. The quantitative estimate of drug-likeness (QED) is 0.839. The van der Waals surface area contributed by atoms with Crippen molar-refractivity contribution in [3.63, 3.8) is 0 Å². The predicted molar refractivity (Wildman–Crippen MR) is 92.8 cm³/mol. The van der Waals surface area contributed by atoms with Gasteiger partial charge in [-0.1, -0.05) is 0 Å². The van der Waals surface area contributed by atoms with E-state index in [4.69, 9.17) is 0 Å². The Morgan fingerprint density at radius 1 is 1.30 bits per heavy atom. The van der Waals surface area contributed by atoms with E-state index >= 15 is 0 Å². The van der Waals surface area contributed by atoms with Crippen LogP contribution in [0.1, 0.15) is 17.8 Å². The Kier molecular flexibility index (Phi) is 5.73. The molecule has 1 aliphatic rings. The molecule has 1 saturated heterocycles. The van der Waals surface area contributed by atoms with Crippen LogP contribution in [0.4, 0.5) is 13.2 Å². The van der Waals surface area contributed by atoms with E-state index in [2.05, 4.69) is 15.3 Å². The van der Waals surface area contributed by atoms with Crippen LogP contribution in [0.15, 0.2) is 29.9 Å². The molecule has 2 amide bonds. The van der Waals surface area contributed by atoms with E-state index in [1.165, 1.54) is 11.3 Å². The van der Waals surface area contributed by atoms with E-state index in [1.54, 1.807) is 12.4 Å². The van der Waals surface area contributed by atoms with Gasteiger partial charge in [-0.3, -0.25) is 14.6 Å². The molecule has 1 N–H and O–H groups in total. The van der Waals surface area contributed by atoms with Crippen LogP contribution in [0.3, 0.4) is 0 Å². The molecule has 0 spiro atoms. The molecule has 2 aromatic rings. The van der Waals surface area contributed by atoms with Gasteiger partial charge in [0.2, 0.25) is 5.91 Å². The first kappa shape index (κ1) is 19.3. The maximum Gasteiger partial charge on any atom is 0.471 e. The summed E-state index contributed by atoms with van der Waals surface area (Å²) in [6, 6.07) is 2.61. The van der Waals surface area contributed by atoms with Gasteiger partial charge in [0.05, 0.1) is 10.7 Å². The van der Waals surface area contributed by atoms with Crippen LogP contribution in [0.5, 0.6) is 0 Å². The van der Waals surface area contributed by atoms with Gasteiger partial charge in [-0.15, -0.1) is 11.3 Å². The lowest BCUT2D eigenvalue weighted by molar-refractivity contribution is -0.186. The van der Waals surface area contributed by atoms with Crippen LogP contribution in [-0.2, 0) is 16.0 Å². The van der Waals surface area contributed by atoms with Crippen molar-refractivity contribution in [2.45, 2.75) is 31.5 Å². The normalized spacial score (nSPS) is 17.1. The van der Waals surface area contributed by atoms with Crippen LogP contribution in [0.25, 0.3) is 11.3 Å². The Morgan fingerprint density at radius 2 is 2.04 bits per heavy atom. The standard InChI is InChI=1S/C17H17F3N4O2S/c18-17(19,20)16(26)24-9-1-2-13(24)15(25)22-8-5-14-23-12(10-27-14)11-3-6-21-7-4-11/h3-4,6-7,10,13H,1-2,5,8-9H2,(H,22,25). The highest BCUT2D eigenvalue weighted by Gasteiger charge is 2.47. The number of hydrogen-bond donors (Lipinski definition) is 1. The fraction of sp³-hybridized carbons (Fsp3) is 0.412. The lowest BCUT2D eigenvalue weighted by Crippen LogP contribution is -2.50. The lowest BCUT2D eigenvalue weighted by Gasteiger charge is -2.24. The van der Waals surface area contributed by atoms with Gasteiger partial charge >= 0.3 is 12.1 Å². The smallest absolute Gasteiger partial charge is 0.354 e. The number of pyridine rings is 1. The summed E-state index contributed by atoms with van der Waals surface area (Å²) in [4.78, 5) is 32.7. The second-order valence-corrected chi connectivity index (χ2v) is 7.00. The number of nitrogens with one attached hydrogen (secondary N) is 1. The summed E-state index contributed by atoms with van der Waals surface area (Å²) < 4.78 is 37.9. The number of thiazole rings is 1. The van der Waals surface area contributed by atoms with Crippen molar-refractivity contribution in [1.82, 2.24) is 20.2 Å². The molecule has 144 valence electrons. The molecule has 1 unspecified atom stereocenters. The van der Waals surface area contributed by atoms with Crippen molar-refractivity contribution >= 4 is 23.2 Å². The highest BCUT2D eigenvalue weighted by atomic mass is 32.1. The Balaban J connectivity index is 1.52. The molecule has 6 nitrogen and oxygen atoms in total. The van der Waals surface area contributed by atoms with Gasteiger partial charge in [-0.25, -0.2) is 4.98 Å². The number of amides is 2. The highest BCUT2D eigenvalue weighted by Crippen LogP contribution is 2.26. The minimum absolute atomic E-state index is 0.0573. The average molecular weight is 398 g/mol. The Hall–Kier alpha value is -2.49. The van der Waals surface area contributed by atoms with Crippen molar-refractivity contribution in [3.8, 4) is 11.3 Å². The van der Waals surface area contributed by atoms with E-state index in [0.29, 0.717) is 17.7 Å². The van der Waals surface area contributed by atoms with Crippen molar-refractivity contribution in [2.24, 2.45) is 0 Å². The SMILES string of the molecule is O=C(NCCc1nc(-c2ccncc2)cs1)C1CCCN1C(=O)C(F)(F)F. The van der Waals surface area contributed by atoms with E-state index in [9.17, 15) is 22.8 Å². The third-order valence-electron chi connectivity index (χ3n) is 4.22. The van der Waals surface area contributed by atoms with Gasteiger partial charge in [0, 0.05) is 42.8 Å². The fourth-order valence-electron chi connectivity index (χ4n) is 2.94. The lowest BCUT2D eigenvalue weighted by atomic mass is 10.2. The van der Waals surface area contributed by atoms with Gasteiger partial charge in [0.1, 0.15) is 6.04 Å². The summed E-state index contributed by atoms with van der Waals surface area (Å²) in [7, 11) is 0. The second-order valence-electron chi connectivity index (χ2n) is 6.06. The molecule has 0 aliphatic carbocycles. The number of carbonyl (C=O) groups excluding carboxylic acids is 2. The Morgan fingerprint density at radius 3 is 2.74 bits per heavy atom. The largest absolute Gasteiger partial charge is 0.471 e. The molecule has 3 heterocycles. The fourth-order valence-corrected chi connectivity index (χ4v) is 3.74. The number of hydrogen-bond acceptors (Lipinski definition) is 5. The van der Waals surface area contributed by atoms with Gasteiger partial charge in [0.15, 0.2) is 0 Å². The molecule has 0 radical (unpaired) electrons. The highest BCUT2D eigenvalue weighted by molar-refractivity contribution is 7.09. The van der Waals surface area contributed by atoms with Gasteiger partial charge in [-0.2, -0.15) is 13.2 Å². The zero-order valence-electron chi connectivity index (χ0n) is 14.2. The zero-order chi connectivity index (χ0) is 19.4. The first-order valence-electron chi connectivity index (χ1n) is 8.36. The van der Waals surface area contributed by atoms with Gasteiger partial charge in [0.25, 0.3) is 0 Å². The molecule has 0 bridgehead atoms. The summed E-state index contributed by atoms with van der Waals surface area (Å²) >= 11 is 1.44. The van der Waals surface area contributed by atoms with Crippen LogP contribution in [0.2, 0.25) is 0 Å². The average Bonchev–Trinajstić information content (AvgIpc) is 3.30. The zero-order valence-corrected chi connectivity index (χ0v) is 15.0. The predicted octanol–water partition coefficient (Wildman–Crippen LogP) is 2.42. The first-order chi connectivity index (χ1) is 12.9. The van der Waals surface area contributed by atoms with Crippen molar-refractivity contribution in [2.75, 3.05) is 13.1 Å². The topological polar surface area (TPSA) is 75.2 Å². The molecule has 1 aliphatic heterocycles. The molecule has 27 heavy (non-hydrogen) atoms. The Bertz CT molecular complexity index is 810. The number of alkyl halides is 3. The van der Waals surface area contributed by atoms with Crippen molar-refractivity contribution in [1.29, 1.82) is 0 Å². The van der Waals surface area contributed by atoms with Gasteiger partial charge < -0.3 is 10.2 Å². The third kappa shape index (κ3) is 4.62. The number of likely N-dealkylation sites (tertiary alicyclic amines) is 1. The summed E-state index contributed by atoms with van der Waals surface area (Å²) in [6.07, 6.45) is -0.554. The number of nitrogens with zero attached hydrogens (tertiary/aromatic N) is 3. The minimum atomic E-state index is -4.97. The molecule has 0 aromatic carbocycles. The van der Waals surface area contributed by atoms with E-state index in [0.717, 1.165) is 16.3 Å². The van der Waals surface area contributed by atoms with Gasteiger partial charge in [-0.05, 0) is 25.0 Å². The maximum atomic E-state index is 12.6. The van der Waals surface area contributed by atoms with Crippen LogP contribution in [0, 0.1) is 0 Å². The molecule has 10 heteroatoms. The first-order valence-corrected chi connectivity index (χ1v) is 9.24. The minimum Gasteiger partial charge on any atom is -0.354 e. The molecule has 1 atom stereocenters. The number of carbonyl (C=O) groups is 2. The summed E-state index contributed by atoms with van der Waals surface area (Å²) in [5.41, 5.74) is 1.74. The van der Waals surface area contributed by atoms with Crippen LogP contribution in [-0.4, -0.2) is 52.0 Å². The molecular formula is C17H17F3N4O2S.